The van der Waals surface area contributed by atoms with Gasteiger partial charge >= 0.3 is 24.6 Å². The van der Waals surface area contributed by atoms with E-state index in [0.717, 1.165) is 12.1 Å². The van der Waals surface area contributed by atoms with Crippen molar-refractivity contribution in [3.05, 3.63) is 95.1 Å². The Balaban J connectivity index is 1.57. The summed E-state index contributed by atoms with van der Waals surface area (Å²) in [4.78, 5) is 15.7. The van der Waals surface area contributed by atoms with E-state index in [1.54, 1.807) is 0 Å². The minimum absolute atomic E-state index is 0.0180. The molecule has 0 bridgehead atoms. The van der Waals surface area contributed by atoms with Crippen molar-refractivity contribution in [3.8, 4) is 0 Å². The zero-order valence-corrected chi connectivity index (χ0v) is 26.1. The fourth-order valence-electron chi connectivity index (χ4n) is 6.05. The van der Waals surface area contributed by atoms with Crippen LogP contribution in [0.3, 0.4) is 0 Å². The molecule has 3 heterocycles. The summed E-state index contributed by atoms with van der Waals surface area (Å²) in [6.07, 6.45) is -11.3. The number of methoxy groups -OCH3 is 1. The Hall–Kier alpha value is -4.39. The van der Waals surface area contributed by atoms with Gasteiger partial charge in [0.25, 0.3) is 0 Å². The van der Waals surface area contributed by atoms with Crippen LogP contribution in [0.2, 0.25) is 0 Å². The summed E-state index contributed by atoms with van der Waals surface area (Å²) in [5, 5.41) is 15.9. The van der Waals surface area contributed by atoms with E-state index in [0.29, 0.717) is 25.3 Å². The van der Waals surface area contributed by atoms with Gasteiger partial charge in [-0.05, 0) is 24.6 Å². The topological polar surface area (TPSA) is 104 Å². The third-order valence-corrected chi connectivity index (χ3v) is 8.18. The standard InChI is InChI=1S/C31H31F8N7O3/c1-18-26(20-13-40-41-14-20)44-46(21-6-4-3-5-7-21,28(31(37,38)39)49-17-30(34,35)36)27(18)43-29(47)42-25-16-45(10-11-48-2)15-22(25)19-8-9-23(32)24(33)12-19/h3-9,12-14,22,25,28H,10-11,15-17H2,1-2H3,(H2-,40,41,42,43,44,47)/p+1/t22-,25+,28?,46?/m0/s1. The SMILES string of the molecule is COCCN1C[C@@H](NC(=O)NC2=C(C)C(c3cn[nH]c3)=N[N+]2(c2ccccc2)C(OCC(F)(F)F)C(F)(F)F)[C@H](c2ccc(F)c(F)c2)C1. The number of alkyl halides is 6. The van der Waals surface area contributed by atoms with Gasteiger partial charge in [0.05, 0.1) is 24.4 Å². The summed E-state index contributed by atoms with van der Waals surface area (Å²) in [5.41, 5.74) is 0.150. The third-order valence-electron chi connectivity index (χ3n) is 8.18. The van der Waals surface area contributed by atoms with Crippen LogP contribution >= 0.6 is 0 Å². The maximum atomic E-state index is 14.9. The van der Waals surface area contributed by atoms with Crippen LogP contribution in [0, 0.1) is 11.6 Å². The molecule has 0 spiro atoms. The van der Waals surface area contributed by atoms with Gasteiger partial charge in [-0.15, -0.1) is 0 Å². The van der Waals surface area contributed by atoms with Crippen molar-refractivity contribution >= 4 is 17.4 Å². The zero-order valence-electron chi connectivity index (χ0n) is 26.1. The van der Waals surface area contributed by atoms with Crippen molar-refractivity contribution in [2.75, 3.05) is 40.0 Å². The number of allylic oxidation sites excluding steroid dienone is 1. The van der Waals surface area contributed by atoms with Gasteiger partial charge in [-0.2, -0.15) is 31.4 Å². The number of benzene rings is 2. The van der Waals surface area contributed by atoms with Gasteiger partial charge in [0.1, 0.15) is 12.3 Å². The van der Waals surface area contributed by atoms with Crippen molar-refractivity contribution in [1.29, 1.82) is 0 Å². The van der Waals surface area contributed by atoms with Crippen LogP contribution in [0.1, 0.15) is 24.0 Å². The number of urea groups is 1. The highest BCUT2D eigenvalue weighted by atomic mass is 19.4. The minimum atomic E-state index is -5.45. The van der Waals surface area contributed by atoms with Crippen LogP contribution in [0.5, 0.6) is 0 Å². The maximum absolute atomic E-state index is 14.9. The highest BCUT2D eigenvalue weighted by molar-refractivity contribution is 6.14. The van der Waals surface area contributed by atoms with E-state index in [2.05, 4.69) is 30.7 Å². The number of carbonyl (C=O) groups excluding carboxylic acids is 1. The molecule has 0 saturated carbocycles. The number of rotatable bonds is 11. The number of aromatic nitrogens is 2. The summed E-state index contributed by atoms with van der Waals surface area (Å²) >= 11 is 0. The van der Waals surface area contributed by atoms with Crippen LogP contribution in [-0.2, 0) is 9.47 Å². The molecule has 10 nitrogen and oxygen atoms in total. The first kappa shape index (κ1) is 35.9. The average molecular weight is 703 g/mol. The molecule has 5 rings (SSSR count). The Labute approximate surface area is 274 Å². The zero-order chi connectivity index (χ0) is 35.6. The molecule has 18 heteroatoms. The molecular weight excluding hydrogens is 670 g/mol. The van der Waals surface area contributed by atoms with E-state index in [4.69, 9.17) is 4.74 Å². The average Bonchev–Trinajstić information content (AvgIpc) is 3.77. The number of quaternary nitrogens is 1. The number of nitrogens with one attached hydrogen (secondary N) is 3. The number of aromatic amines is 1. The molecule has 49 heavy (non-hydrogen) atoms. The monoisotopic (exact) mass is 702 g/mol. The van der Waals surface area contributed by atoms with E-state index < -0.39 is 65.2 Å². The molecule has 1 aromatic heterocycles. The van der Waals surface area contributed by atoms with Crippen LogP contribution < -0.4 is 15.2 Å². The largest absolute Gasteiger partial charge is 0.473 e. The van der Waals surface area contributed by atoms with Gasteiger partial charge in [0.15, 0.2) is 17.3 Å². The third kappa shape index (κ3) is 7.76. The number of nitrogens with zero attached hydrogens (tertiary/aromatic N) is 4. The normalized spacial score (nSPS) is 22.4. The highest BCUT2D eigenvalue weighted by Gasteiger charge is 2.64. The maximum Gasteiger partial charge on any atom is 0.473 e. The number of hydrogen-bond donors (Lipinski definition) is 3. The van der Waals surface area contributed by atoms with Crippen molar-refractivity contribution in [2.24, 2.45) is 5.10 Å². The second kappa shape index (κ2) is 14.2. The Morgan fingerprint density at radius 3 is 2.43 bits per heavy atom. The van der Waals surface area contributed by atoms with Crippen LogP contribution in [0.25, 0.3) is 0 Å². The second-order valence-electron chi connectivity index (χ2n) is 11.5. The lowest BCUT2D eigenvalue weighted by Gasteiger charge is -2.37. The predicted molar refractivity (Wildman–Crippen MR) is 161 cm³/mol. The molecule has 2 amide bonds. The van der Waals surface area contributed by atoms with Crippen molar-refractivity contribution in [2.45, 2.75) is 37.5 Å². The van der Waals surface area contributed by atoms with Gasteiger partial charge in [0.2, 0.25) is 5.82 Å². The van der Waals surface area contributed by atoms with E-state index in [1.165, 1.54) is 62.8 Å². The molecule has 1 saturated heterocycles. The number of likely N-dealkylation sites (tertiary alicyclic amines) is 1. The summed E-state index contributed by atoms with van der Waals surface area (Å²) in [6.45, 7) is 0.314. The number of halogens is 8. The fraction of sp³-hybridized carbons (Fsp3) is 0.387. The van der Waals surface area contributed by atoms with Crippen molar-refractivity contribution in [1.82, 2.24) is 30.3 Å². The molecule has 1 fully saturated rings. The Morgan fingerprint density at radius 1 is 1.08 bits per heavy atom. The number of hydrogen-bond acceptors (Lipinski definition) is 6. The molecule has 0 aliphatic carbocycles. The quantitative estimate of drug-likeness (QED) is 0.180. The molecular formula is C31H32F8N7O3+. The van der Waals surface area contributed by atoms with Gasteiger partial charge in [-0.25, -0.2) is 13.6 Å². The van der Waals surface area contributed by atoms with E-state index in [-0.39, 0.29) is 29.1 Å². The summed E-state index contributed by atoms with van der Waals surface area (Å²) < 4.78 is 121. The number of amides is 2. The minimum Gasteiger partial charge on any atom is -0.383 e. The molecule has 3 N–H and O–H groups in total. The van der Waals surface area contributed by atoms with Gasteiger partial charge in [-0.3, -0.25) is 15.3 Å². The first-order valence-corrected chi connectivity index (χ1v) is 14.9. The summed E-state index contributed by atoms with van der Waals surface area (Å²) in [5.74, 6) is -3.29. The van der Waals surface area contributed by atoms with E-state index in [1.807, 2.05) is 4.90 Å². The lowest BCUT2D eigenvalue weighted by molar-refractivity contribution is -0.285. The second-order valence-corrected chi connectivity index (χ2v) is 11.5. The lowest BCUT2D eigenvalue weighted by atomic mass is 9.94. The van der Waals surface area contributed by atoms with Gasteiger partial charge in [-0.1, -0.05) is 34.0 Å². The van der Waals surface area contributed by atoms with Crippen molar-refractivity contribution in [3.63, 3.8) is 0 Å². The highest BCUT2D eigenvalue weighted by Crippen LogP contribution is 2.45. The van der Waals surface area contributed by atoms with Gasteiger partial charge in [0, 0.05) is 56.6 Å². The number of H-pyrrole nitrogens is 1. The number of para-hydroxylation sites is 1. The van der Waals surface area contributed by atoms with Crippen LogP contribution in [0.15, 0.2) is 77.4 Å². The Kier molecular flexibility index (Phi) is 10.4. The Morgan fingerprint density at radius 2 is 1.82 bits per heavy atom. The smallest absolute Gasteiger partial charge is 0.383 e. The Bertz CT molecular complexity index is 1680. The van der Waals surface area contributed by atoms with Crippen molar-refractivity contribution < 1.29 is 49.4 Å². The van der Waals surface area contributed by atoms with Crippen LogP contribution in [0.4, 0.5) is 45.6 Å². The molecule has 0 radical (unpaired) electrons. The van der Waals surface area contributed by atoms with E-state index in [9.17, 15) is 39.9 Å². The molecule has 264 valence electrons. The molecule has 4 atom stereocenters. The molecule has 3 aromatic rings. The lowest BCUT2D eigenvalue weighted by Crippen LogP contribution is -2.63. The molecule has 2 aliphatic rings. The van der Waals surface area contributed by atoms with E-state index >= 15 is 0 Å². The van der Waals surface area contributed by atoms with Gasteiger partial charge < -0.3 is 14.8 Å². The first-order valence-electron chi connectivity index (χ1n) is 14.9. The predicted octanol–water partition coefficient (Wildman–Crippen LogP) is 5.53. The number of carbonyl (C=O) groups is 1. The first-order chi connectivity index (χ1) is 23.1. The van der Waals surface area contributed by atoms with Crippen LogP contribution in [-0.4, -0.2) is 91.4 Å². The molecule has 2 aliphatic heterocycles. The summed E-state index contributed by atoms with van der Waals surface area (Å²) in [7, 11) is 1.49. The molecule has 2 unspecified atom stereocenters. The number of ether oxygens (including phenoxy) is 2. The fourth-order valence-corrected chi connectivity index (χ4v) is 6.05. The summed E-state index contributed by atoms with van der Waals surface area (Å²) in [6, 6.07) is 8.18. The molecule has 2 aromatic carbocycles.